The zero-order valence-corrected chi connectivity index (χ0v) is 13.1. The number of hydrogen-bond donors (Lipinski definition) is 1. The summed E-state index contributed by atoms with van der Waals surface area (Å²) in [6.45, 7) is 1.45. The van der Waals surface area contributed by atoms with Crippen molar-refractivity contribution in [3.63, 3.8) is 0 Å². The van der Waals surface area contributed by atoms with Gasteiger partial charge in [0.05, 0.1) is 6.04 Å². The third-order valence-corrected chi connectivity index (χ3v) is 4.38. The van der Waals surface area contributed by atoms with Crippen molar-refractivity contribution in [3.05, 3.63) is 46.3 Å². The lowest BCUT2D eigenvalue weighted by molar-refractivity contribution is 0.0987. The van der Waals surface area contributed by atoms with Crippen LogP contribution >= 0.6 is 11.6 Å². The van der Waals surface area contributed by atoms with E-state index < -0.39 is 5.91 Å². The van der Waals surface area contributed by atoms with Gasteiger partial charge in [-0.2, -0.15) is 4.98 Å². The Morgan fingerprint density at radius 1 is 1.52 bits per heavy atom. The number of rotatable bonds is 5. The van der Waals surface area contributed by atoms with Gasteiger partial charge in [0.1, 0.15) is 5.82 Å². The third kappa shape index (κ3) is 3.35. The molecule has 0 bridgehead atoms. The lowest BCUT2D eigenvalue weighted by Gasteiger charge is -2.21. The molecule has 2 aromatic rings. The minimum atomic E-state index is -0.720. The Kier molecular flexibility index (Phi) is 4.58. The standard InChI is InChI=1S/C15H16ClFN4O2/c16-10-3-1-4-11(17)9(10)6-8-21-7-2-5-12(21)15-19-14(13(18)22)20-23-15/h1,3-4,12H,2,5-8H2,(H2,18,22). The van der Waals surface area contributed by atoms with Crippen molar-refractivity contribution >= 4 is 17.5 Å². The van der Waals surface area contributed by atoms with Gasteiger partial charge in [-0.05, 0) is 37.9 Å². The summed E-state index contributed by atoms with van der Waals surface area (Å²) in [6, 6.07) is 4.59. The highest BCUT2D eigenvalue weighted by Crippen LogP contribution is 2.31. The summed E-state index contributed by atoms with van der Waals surface area (Å²) in [6.07, 6.45) is 2.29. The molecule has 2 N–H and O–H groups in total. The second-order valence-corrected chi connectivity index (χ2v) is 5.87. The minimum absolute atomic E-state index is 0.0823. The smallest absolute Gasteiger partial charge is 0.290 e. The molecule has 8 heteroatoms. The predicted octanol–water partition coefficient (Wildman–Crippen LogP) is 2.34. The molecule has 122 valence electrons. The summed E-state index contributed by atoms with van der Waals surface area (Å²) >= 11 is 6.06. The summed E-state index contributed by atoms with van der Waals surface area (Å²) in [5.41, 5.74) is 5.64. The molecule has 6 nitrogen and oxygen atoms in total. The average molecular weight is 339 g/mol. The molecule has 1 aromatic heterocycles. The zero-order valence-electron chi connectivity index (χ0n) is 12.3. The second kappa shape index (κ2) is 6.64. The molecule has 1 aliphatic rings. The molecule has 0 radical (unpaired) electrons. The first-order valence-corrected chi connectivity index (χ1v) is 7.74. The minimum Gasteiger partial charge on any atom is -0.363 e. The van der Waals surface area contributed by atoms with Crippen molar-refractivity contribution in [1.82, 2.24) is 15.0 Å². The molecular weight excluding hydrogens is 323 g/mol. The van der Waals surface area contributed by atoms with Gasteiger partial charge in [-0.1, -0.05) is 22.8 Å². The van der Waals surface area contributed by atoms with Gasteiger partial charge in [-0.3, -0.25) is 9.69 Å². The van der Waals surface area contributed by atoms with Crippen molar-refractivity contribution in [2.75, 3.05) is 13.1 Å². The Bertz CT molecular complexity index is 701. The van der Waals surface area contributed by atoms with Gasteiger partial charge in [0.15, 0.2) is 0 Å². The van der Waals surface area contributed by atoms with Gasteiger partial charge >= 0.3 is 0 Å². The maximum Gasteiger partial charge on any atom is 0.290 e. The van der Waals surface area contributed by atoms with E-state index in [1.165, 1.54) is 6.07 Å². The van der Waals surface area contributed by atoms with Crippen LogP contribution in [0, 0.1) is 5.82 Å². The Hall–Kier alpha value is -1.99. The van der Waals surface area contributed by atoms with Gasteiger partial charge in [0.25, 0.3) is 11.7 Å². The normalized spacial score (nSPS) is 18.4. The summed E-state index contributed by atoms with van der Waals surface area (Å²) in [7, 11) is 0. The van der Waals surface area contributed by atoms with E-state index >= 15 is 0 Å². The van der Waals surface area contributed by atoms with Crippen LogP contribution in [0.2, 0.25) is 5.02 Å². The van der Waals surface area contributed by atoms with Gasteiger partial charge in [0.2, 0.25) is 5.89 Å². The number of likely N-dealkylation sites (tertiary alicyclic amines) is 1. The molecule has 1 aromatic carbocycles. The van der Waals surface area contributed by atoms with Crippen LogP contribution in [-0.2, 0) is 6.42 Å². The largest absolute Gasteiger partial charge is 0.363 e. The van der Waals surface area contributed by atoms with E-state index in [4.69, 9.17) is 21.9 Å². The number of primary amides is 1. The number of hydrogen-bond acceptors (Lipinski definition) is 5. The summed E-state index contributed by atoms with van der Waals surface area (Å²) in [5.74, 6) is -0.773. The second-order valence-electron chi connectivity index (χ2n) is 5.46. The third-order valence-electron chi connectivity index (χ3n) is 4.02. The van der Waals surface area contributed by atoms with Crippen LogP contribution in [0.5, 0.6) is 0 Å². The molecule has 2 heterocycles. The molecule has 3 rings (SSSR count). The summed E-state index contributed by atoms with van der Waals surface area (Å²) < 4.78 is 19.0. The van der Waals surface area contributed by atoms with E-state index in [0.717, 1.165) is 19.4 Å². The topological polar surface area (TPSA) is 85.2 Å². The highest BCUT2D eigenvalue weighted by atomic mass is 35.5. The molecule has 1 unspecified atom stereocenters. The maximum atomic E-state index is 13.8. The van der Waals surface area contributed by atoms with E-state index in [2.05, 4.69) is 15.0 Å². The first-order valence-electron chi connectivity index (χ1n) is 7.36. The Morgan fingerprint density at radius 2 is 2.35 bits per heavy atom. The van der Waals surface area contributed by atoms with Crippen molar-refractivity contribution in [1.29, 1.82) is 0 Å². The molecule has 1 fully saturated rings. The van der Waals surface area contributed by atoms with Gasteiger partial charge in [-0.25, -0.2) is 4.39 Å². The number of halogens is 2. The zero-order chi connectivity index (χ0) is 16.4. The van der Waals surface area contributed by atoms with Gasteiger partial charge < -0.3 is 10.3 Å². The molecule has 1 amide bonds. The number of aromatic nitrogens is 2. The van der Waals surface area contributed by atoms with Crippen LogP contribution in [0.15, 0.2) is 22.7 Å². The van der Waals surface area contributed by atoms with Gasteiger partial charge in [-0.15, -0.1) is 0 Å². The summed E-state index contributed by atoms with van der Waals surface area (Å²) in [5, 5.41) is 4.00. The number of carbonyl (C=O) groups is 1. The van der Waals surface area contributed by atoms with E-state index in [-0.39, 0.29) is 17.7 Å². The molecule has 1 saturated heterocycles. The molecule has 1 aliphatic heterocycles. The van der Waals surface area contributed by atoms with Gasteiger partial charge in [0, 0.05) is 17.1 Å². The predicted molar refractivity (Wildman–Crippen MR) is 81.5 cm³/mol. The highest BCUT2D eigenvalue weighted by molar-refractivity contribution is 6.31. The highest BCUT2D eigenvalue weighted by Gasteiger charge is 2.31. The van der Waals surface area contributed by atoms with Crippen molar-refractivity contribution < 1.29 is 13.7 Å². The molecule has 0 aliphatic carbocycles. The van der Waals surface area contributed by atoms with E-state index in [9.17, 15) is 9.18 Å². The van der Waals surface area contributed by atoms with Crippen LogP contribution < -0.4 is 5.73 Å². The molecule has 1 atom stereocenters. The number of nitrogens with zero attached hydrogens (tertiary/aromatic N) is 3. The number of nitrogens with two attached hydrogens (primary N) is 1. The molecule has 23 heavy (non-hydrogen) atoms. The Labute approximate surface area is 137 Å². The van der Waals surface area contributed by atoms with Crippen molar-refractivity contribution in [3.8, 4) is 0 Å². The fourth-order valence-electron chi connectivity index (χ4n) is 2.87. The lowest BCUT2D eigenvalue weighted by atomic mass is 10.1. The number of carbonyl (C=O) groups excluding carboxylic acids is 1. The molecular formula is C15H16ClFN4O2. The average Bonchev–Trinajstić information content (AvgIpc) is 3.15. The first-order chi connectivity index (χ1) is 11.1. The maximum absolute atomic E-state index is 13.8. The van der Waals surface area contributed by atoms with Crippen molar-refractivity contribution in [2.45, 2.75) is 25.3 Å². The van der Waals surface area contributed by atoms with Crippen LogP contribution in [0.1, 0.15) is 41.0 Å². The van der Waals surface area contributed by atoms with E-state index in [1.54, 1.807) is 12.1 Å². The molecule has 0 spiro atoms. The van der Waals surface area contributed by atoms with Crippen LogP contribution in [0.25, 0.3) is 0 Å². The number of amides is 1. The fraction of sp³-hybridized carbons (Fsp3) is 0.400. The number of benzene rings is 1. The monoisotopic (exact) mass is 338 g/mol. The quantitative estimate of drug-likeness (QED) is 0.904. The summed E-state index contributed by atoms with van der Waals surface area (Å²) in [4.78, 5) is 17.2. The fourth-order valence-corrected chi connectivity index (χ4v) is 3.13. The van der Waals surface area contributed by atoms with Crippen LogP contribution in [0.4, 0.5) is 4.39 Å². The van der Waals surface area contributed by atoms with Crippen LogP contribution in [-0.4, -0.2) is 34.0 Å². The SMILES string of the molecule is NC(=O)c1noc(C2CCCN2CCc2c(F)cccc2Cl)n1. The lowest BCUT2D eigenvalue weighted by Crippen LogP contribution is -2.26. The van der Waals surface area contributed by atoms with Crippen LogP contribution in [0.3, 0.4) is 0 Å². The van der Waals surface area contributed by atoms with Crippen molar-refractivity contribution in [2.24, 2.45) is 5.73 Å². The Balaban J connectivity index is 1.70. The first kappa shape index (κ1) is 15.9. The molecule has 0 saturated carbocycles. The van der Waals surface area contributed by atoms with E-state index in [0.29, 0.717) is 29.4 Å². The Morgan fingerprint density at radius 3 is 3.04 bits per heavy atom. The van der Waals surface area contributed by atoms with E-state index in [1.807, 2.05) is 0 Å².